The molecule has 2 heterocycles. The van der Waals surface area contributed by atoms with Gasteiger partial charge in [0, 0.05) is 0 Å². The predicted octanol–water partition coefficient (Wildman–Crippen LogP) is -0.859. The summed E-state index contributed by atoms with van der Waals surface area (Å²) in [6.07, 6.45) is 2.93. The molecule has 0 aliphatic heterocycles. The van der Waals surface area contributed by atoms with Crippen LogP contribution in [-0.2, 0) is 15.8 Å². The Hall–Kier alpha value is -1.54. The smallest absolute Gasteiger partial charge is 0.216 e. The van der Waals surface area contributed by atoms with E-state index in [-0.39, 0.29) is 11.6 Å². The number of aromatic nitrogens is 4. The van der Waals surface area contributed by atoms with E-state index in [0.717, 1.165) is 0 Å². The number of fused-ring (bicyclic) bond motifs is 1. The van der Waals surface area contributed by atoms with Crippen molar-refractivity contribution in [1.82, 2.24) is 19.9 Å². The number of H-pyrrole nitrogens is 1. The van der Waals surface area contributed by atoms with Crippen LogP contribution in [0.1, 0.15) is 5.82 Å². The van der Waals surface area contributed by atoms with Crippen molar-refractivity contribution in [3.63, 3.8) is 0 Å². The Balaban J connectivity index is 2.44. The summed E-state index contributed by atoms with van der Waals surface area (Å²) in [5.41, 5.74) is 1.09. The molecule has 0 saturated heterocycles. The van der Waals surface area contributed by atoms with Gasteiger partial charge < -0.3 is 4.98 Å². The summed E-state index contributed by atoms with van der Waals surface area (Å²) < 4.78 is 21.5. The first-order valence-corrected chi connectivity index (χ1v) is 5.41. The minimum atomic E-state index is -3.59. The number of hydrogen-bond donors (Lipinski definition) is 2. The molecule has 7 nitrogen and oxygen atoms in total. The van der Waals surface area contributed by atoms with Gasteiger partial charge in [-0.3, -0.25) is 0 Å². The molecule has 0 bridgehead atoms. The summed E-state index contributed by atoms with van der Waals surface area (Å²) in [5, 5.41) is 4.85. The second-order valence-electron chi connectivity index (χ2n) is 2.73. The molecule has 0 atom stereocenters. The van der Waals surface area contributed by atoms with Crippen molar-refractivity contribution in [2.45, 2.75) is 5.75 Å². The molecule has 0 saturated carbocycles. The third kappa shape index (κ3) is 1.86. The minimum absolute atomic E-state index is 0.145. The number of primary sulfonamides is 1. The molecule has 0 amide bonds. The summed E-state index contributed by atoms with van der Waals surface area (Å²) in [4.78, 5) is 14.4. The van der Waals surface area contributed by atoms with Crippen LogP contribution in [0, 0.1) is 0 Å². The summed E-state index contributed by atoms with van der Waals surface area (Å²) >= 11 is 0. The molecule has 14 heavy (non-hydrogen) atoms. The molecule has 0 unspecified atom stereocenters. The van der Waals surface area contributed by atoms with E-state index >= 15 is 0 Å². The maximum absolute atomic E-state index is 10.7. The van der Waals surface area contributed by atoms with Gasteiger partial charge in [0.1, 0.15) is 17.1 Å². The molecule has 2 aromatic heterocycles. The highest BCUT2D eigenvalue weighted by molar-refractivity contribution is 7.88. The number of nitrogens with two attached hydrogens (primary N) is 1. The zero-order valence-corrected chi connectivity index (χ0v) is 7.82. The Morgan fingerprint density at radius 1 is 1.43 bits per heavy atom. The second-order valence-corrected chi connectivity index (χ2v) is 4.35. The number of hydrogen-bond acceptors (Lipinski definition) is 5. The van der Waals surface area contributed by atoms with Crippen LogP contribution in [0.15, 0.2) is 12.5 Å². The monoisotopic (exact) mass is 213 g/mol. The van der Waals surface area contributed by atoms with Crippen molar-refractivity contribution < 1.29 is 8.42 Å². The normalized spacial score (nSPS) is 12.1. The van der Waals surface area contributed by atoms with E-state index in [1.807, 2.05) is 0 Å². The van der Waals surface area contributed by atoms with E-state index in [4.69, 9.17) is 5.14 Å². The molecule has 0 spiro atoms. The Bertz CT molecular complexity index is 560. The van der Waals surface area contributed by atoms with Gasteiger partial charge in [0.05, 0.1) is 12.5 Å². The maximum atomic E-state index is 10.7. The third-order valence-corrected chi connectivity index (χ3v) is 2.22. The molecular weight excluding hydrogens is 206 g/mol. The first kappa shape index (κ1) is 9.03. The van der Waals surface area contributed by atoms with E-state index in [1.54, 1.807) is 0 Å². The summed E-state index contributed by atoms with van der Waals surface area (Å²) in [7, 11) is -3.59. The van der Waals surface area contributed by atoms with Gasteiger partial charge in [-0.25, -0.2) is 28.5 Å². The van der Waals surface area contributed by atoms with Gasteiger partial charge in [-0.2, -0.15) is 0 Å². The number of sulfonamides is 1. The molecule has 3 N–H and O–H groups in total. The highest BCUT2D eigenvalue weighted by Crippen LogP contribution is 2.05. The second kappa shape index (κ2) is 3.00. The van der Waals surface area contributed by atoms with E-state index in [0.29, 0.717) is 11.2 Å². The van der Waals surface area contributed by atoms with E-state index in [9.17, 15) is 8.42 Å². The van der Waals surface area contributed by atoms with Crippen molar-refractivity contribution in [2.75, 3.05) is 0 Å². The number of aromatic amines is 1. The molecule has 8 heteroatoms. The van der Waals surface area contributed by atoms with Crippen LogP contribution in [0.4, 0.5) is 0 Å². The molecule has 2 aromatic rings. The molecule has 0 aromatic carbocycles. The van der Waals surface area contributed by atoms with Gasteiger partial charge in [0.2, 0.25) is 10.0 Å². The van der Waals surface area contributed by atoms with Crippen molar-refractivity contribution in [1.29, 1.82) is 0 Å². The van der Waals surface area contributed by atoms with Crippen LogP contribution >= 0.6 is 0 Å². The van der Waals surface area contributed by atoms with Crippen LogP contribution in [0.2, 0.25) is 0 Å². The summed E-state index contributed by atoms with van der Waals surface area (Å²) in [6, 6.07) is 0. The van der Waals surface area contributed by atoms with Gasteiger partial charge >= 0.3 is 0 Å². The predicted molar refractivity (Wildman–Crippen MR) is 48.5 cm³/mol. The lowest BCUT2D eigenvalue weighted by atomic mass is 10.5. The highest BCUT2D eigenvalue weighted by Gasteiger charge is 2.08. The standard InChI is InChI=1S/C6H7N5O2S/c7-14(12,13)2-5-8-1-4-6(11-5)10-3-9-4/h1,3H,2H2,(H2,7,12,13)(H,8,9,10,11). The van der Waals surface area contributed by atoms with Gasteiger partial charge in [0.15, 0.2) is 5.65 Å². The fraction of sp³-hybridized carbons (Fsp3) is 0.167. The maximum Gasteiger partial charge on any atom is 0.216 e. The molecule has 0 radical (unpaired) electrons. The molecular formula is C6H7N5O2S. The molecule has 2 rings (SSSR count). The van der Waals surface area contributed by atoms with Gasteiger partial charge in [-0.05, 0) is 0 Å². The van der Waals surface area contributed by atoms with Gasteiger partial charge in [0.25, 0.3) is 0 Å². The first-order valence-electron chi connectivity index (χ1n) is 3.70. The number of rotatable bonds is 2. The van der Waals surface area contributed by atoms with Crippen molar-refractivity contribution in [2.24, 2.45) is 5.14 Å². The van der Waals surface area contributed by atoms with Gasteiger partial charge in [-0.1, -0.05) is 0 Å². The Labute approximate surface area is 79.4 Å². The molecule has 0 aliphatic carbocycles. The largest absolute Gasteiger partial charge is 0.342 e. The van der Waals surface area contributed by atoms with E-state index < -0.39 is 10.0 Å². The van der Waals surface area contributed by atoms with Crippen molar-refractivity contribution in [3.05, 3.63) is 18.3 Å². The summed E-state index contributed by atoms with van der Waals surface area (Å²) in [6.45, 7) is 0. The van der Waals surface area contributed by atoms with E-state index in [2.05, 4.69) is 19.9 Å². The number of nitrogens with zero attached hydrogens (tertiary/aromatic N) is 3. The minimum Gasteiger partial charge on any atom is -0.342 e. The van der Waals surface area contributed by atoms with Gasteiger partial charge in [-0.15, -0.1) is 0 Å². The Kier molecular flexibility index (Phi) is 1.93. The topological polar surface area (TPSA) is 115 Å². The van der Waals surface area contributed by atoms with Crippen LogP contribution in [0.5, 0.6) is 0 Å². The fourth-order valence-electron chi connectivity index (χ4n) is 1.02. The molecule has 0 fully saturated rings. The molecule has 74 valence electrons. The lowest BCUT2D eigenvalue weighted by molar-refractivity contribution is 0.595. The van der Waals surface area contributed by atoms with Crippen molar-refractivity contribution in [3.8, 4) is 0 Å². The zero-order valence-electron chi connectivity index (χ0n) is 7.01. The quantitative estimate of drug-likeness (QED) is 0.673. The van der Waals surface area contributed by atoms with Crippen LogP contribution in [-0.4, -0.2) is 28.4 Å². The highest BCUT2D eigenvalue weighted by atomic mass is 32.2. The number of imidazole rings is 1. The lowest BCUT2D eigenvalue weighted by Gasteiger charge is -1.96. The summed E-state index contributed by atoms with van der Waals surface area (Å²) in [5.74, 6) is -0.234. The SMILES string of the molecule is NS(=O)(=O)Cc1ncc2[nH]cnc2n1. The molecule has 0 aliphatic rings. The van der Waals surface area contributed by atoms with Crippen LogP contribution in [0.25, 0.3) is 11.2 Å². The average molecular weight is 213 g/mol. The zero-order chi connectivity index (χ0) is 10.2. The lowest BCUT2D eigenvalue weighted by Crippen LogP contribution is -2.16. The number of nitrogens with one attached hydrogen (secondary N) is 1. The van der Waals surface area contributed by atoms with Crippen LogP contribution in [0.3, 0.4) is 0 Å². The first-order chi connectivity index (χ1) is 6.54. The fourth-order valence-corrected chi connectivity index (χ4v) is 1.52. The average Bonchev–Trinajstić information content (AvgIpc) is 2.47. The Morgan fingerprint density at radius 3 is 2.93 bits per heavy atom. The van der Waals surface area contributed by atoms with E-state index in [1.165, 1.54) is 12.5 Å². The third-order valence-electron chi connectivity index (χ3n) is 1.56. The van der Waals surface area contributed by atoms with Crippen LogP contribution < -0.4 is 5.14 Å². The van der Waals surface area contributed by atoms with Crippen molar-refractivity contribution >= 4 is 21.2 Å². The Morgan fingerprint density at radius 2 is 2.21 bits per heavy atom.